The monoisotopic (exact) mass is 333 g/mol. The van der Waals surface area contributed by atoms with Gasteiger partial charge in [0.05, 0.1) is 10.9 Å². The highest BCUT2D eigenvalue weighted by Gasteiger charge is 2.24. The Morgan fingerprint density at radius 2 is 1.88 bits per heavy atom. The van der Waals surface area contributed by atoms with E-state index in [1.54, 1.807) is 6.07 Å². The fourth-order valence-electron chi connectivity index (χ4n) is 3.16. The number of hydrogen-bond donors (Lipinski definition) is 2. The first-order valence-electron chi connectivity index (χ1n) is 7.92. The van der Waals surface area contributed by atoms with Crippen molar-refractivity contribution in [3.63, 3.8) is 0 Å². The highest BCUT2D eigenvalue weighted by atomic mass is 16.4. The number of aromatic carboxylic acids is 1. The molecule has 3 aromatic rings. The Labute approximate surface area is 143 Å². The molecule has 0 saturated heterocycles. The van der Waals surface area contributed by atoms with Crippen LogP contribution in [0.5, 0.6) is 0 Å². The summed E-state index contributed by atoms with van der Waals surface area (Å²) in [6.45, 7) is 0. The lowest BCUT2D eigenvalue weighted by molar-refractivity contribution is 0.0697. The minimum absolute atomic E-state index is 0.0791. The molecule has 2 aromatic carbocycles. The van der Waals surface area contributed by atoms with Crippen LogP contribution in [0.1, 0.15) is 33.7 Å². The molecule has 5 nitrogen and oxygen atoms in total. The van der Waals surface area contributed by atoms with Crippen molar-refractivity contribution in [2.75, 3.05) is 5.73 Å². The van der Waals surface area contributed by atoms with Crippen LogP contribution in [-0.4, -0.2) is 11.1 Å². The van der Waals surface area contributed by atoms with E-state index in [0.29, 0.717) is 40.8 Å². The Balaban J connectivity index is 1.87. The molecule has 0 bridgehead atoms. The van der Waals surface area contributed by atoms with E-state index < -0.39 is 5.97 Å². The van der Waals surface area contributed by atoms with Gasteiger partial charge in [-0.15, -0.1) is 0 Å². The third-order valence-electron chi connectivity index (χ3n) is 4.44. The predicted octanol–water partition coefficient (Wildman–Crippen LogP) is 3.56. The van der Waals surface area contributed by atoms with Crippen molar-refractivity contribution in [3.05, 3.63) is 75.1 Å². The highest BCUT2D eigenvalue weighted by molar-refractivity contribution is 5.94. The maximum atomic E-state index is 12.7. The van der Waals surface area contributed by atoms with Crippen molar-refractivity contribution < 1.29 is 14.3 Å². The summed E-state index contributed by atoms with van der Waals surface area (Å²) in [5.41, 5.74) is 9.28. The molecule has 1 heterocycles. The molecule has 0 amide bonds. The van der Waals surface area contributed by atoms with Gasteiger partial charge in [-0.1, -0.05) is 12.1 Å². The van der Waals surface area contributed by atoms with Gasteiger partial charge in [-0.05, 0) is 60.4 Å². The van der Waals surface area contributed by atoms with E-state index in [1.165, 1.54) is 12.1 Å². The standard InChI is InChI=1S/C20H15NO4/c21-14-5-1-11(2-6-14)9-12-3-7-15-18(22)16-10-13(20(23)24)4-8-17(16)25-19(12)15/h1-2,4-6,8-10H,3,7,21H2,(H,23,24)/b12-9+. The Morgan fingerprint density at radius 3 is 2.60 bits per heavy atom. The molecule has 124 valence electrons. The van der Waals surface area contributed by atoms with Gasteiger partial charge in [0.15, 0.2) is 5.43 Å². The number of benzene rings is 2. The van der Waals surface area contributed by atoms with E-state index in [9.17, 15) is 9.59 Å². The number of nitrogen functional groups attached to an aromatic ring is 1. The normalized spacial score (nSPS) is 14.8. The molecule has 3 N–H and O–H groups in total. The average Bonchev–Trinajstić information content (AvgIpc) is 3.00. The van der Waals surface area contributed by atoms with Crippen LogP contribution in [0, 0.1) is 0 Å². The van der Waals surface area contributed by atoms with Crippen molar-refractivity contribution >= 4 is 34.3 Å². The predicted molar refractivity (Wildman–Crippen MR) is 96.5 cm³/mol. The summed E-state index contributed by atoms with van der Waals surface area (Å²) in [5, 5.41) is 9.42. The van der Waals surface area contributed by atoms with E-state index in [-0.39, 0.29) is 11.0 Å². The van der Waals surface area contributed by atoms with E-state index in [1.807, 2.05) is 30.3 Å². The number of allylic oxidation sites excluding steroid dienone is 1. The molecular formula is C20H15NO4. The largest absolute Gasteiger partial charge is 0.478 e. The van der Waals surface area contributed by atoms with Crippen LogP contribution in [0.15, 0.2) is 51.7 Å². The number of rotatable bonds is 2. The lowest BCUT2D eigenvalue weighted by atomic mass is 10.1. The molecule has 0 atom stereocenters. The van der Waals surface area contributed by atoms with Gasteiger partial charge < -0.3 is 15.3 Å². The number of anilines is 1. The molecule has 4 rings (SSSR count). The topological polar surface area (TPSA) is 93.5 Å². The zero-order valence-corrected chi connectivity index (χ0v) is 13.3. The molecule has 0 aliphatic heterocycles. The Kier molecular flexibility index (Phi) is 3.42. The van der Waals surface area contributed by atoms with Crippen LogP contribution < -0.4 is 11.2 Å². The summed E-state index contributed by atoms with van der Waals surface area (Å²) < 4.78 is 5.94. The molecule has 1 aliphatic carbocycles. The zero-order valence-electron chi connectivity index (χ0n) is 13.3. The molecule has 25 heavy (non-hydrogen) atoms. The summed E-state index contributed by atoms with van der Waals surface area (Å²) in [6, 6.07) is 11.8. The van der Waals surface area contributed by atoms with E-state index in [2.05, 4.69) is 0 Å². The van der Waals surface area contributed by atoms with Gasteiger partial charge in [0.2, 0.25) is 0 Å². The van der Waals surface area contributed by atoms with Crippen LogP contribution in [0.2, 0.25) is 0 Å². The van der Waals surface area contributed by atoms with Crippen molar-refractivity contribution in [2.24, 2.45) is 0 Å². The van der Waals surface area contributed by atoms with Crippen LogP contribution in [0.3, 0.4) is 0 Å². The van der Waals surface area contributed by atoms with Crippen molar-refractivity contribution in [1.29, 1.82) is 0 Å². The molecule has 1 aromatic heterocycles. The Morgan fingerprint density at radius 1 is 1.12 bits per heavy atom. The molecule has 5 heteroatoms. The van der Waals surface area contributed by atoms with Crippen molar-refractivity contribution in [3.8, 4) is 0 Å². The number of hydrogen-bond acceptors (Lipinski definition) is 4. The van der Waals surface area contributed by atoms with Gasteiger partial charge in [0.25, 0.3) is 0 Å². The summed E-state index contributed by atoms with van der Waals surface area (Å²) >= 11 is 0. The first kappa shape index (κ1) is 15.2. The molecule has 0 fully saturated rings. The molecule has 0 spiro atoms. The van der Waals surface area contributed by atoms with E-state index in [4.69, 9.17) is 15.3 Å². The molecular weight excluding hydrogens is 318 g/mol. The molecule has 0 saturated carbocycles. The Bertz CT molecular complexity index is 1090. The van der Waals surface area contributed by atoms with Crippen molar-refractivity contribution in [1.82, 2.24) is 0 Å². The van der Waals surface area contributed by atoms with Gasteiger partial charge in [-0.2, -0.15) is 0 Å². The van der Waals surface area contributed by atoms with Gasteiger partial charge in [-0.3, -0.25) is 4.79 Å². The first-order chi connectivity index (χ1) is 12.0. The summed E-state index contributed by atoms with van der Waals surface area (Å²) in [4.78, 5) is 23.9. The molecule has 1 aliphatic rings. The van der Waals surface area contributed by atoms with Crippen LogP contribution in [0.25, 0.3) is 22.6 Å². The number of nitrogens with two attached hydrogens (primary N) is 1. The molecule has 0 radical (unpaired) electrons. The SMILES string of the molecule is Nc1ccc(/C=C2\CCc3c2oc2ccc(C(=O)O)cc2c3=O)cc1. The third-order valence-corrected chi connectivity index (χ3v) is 4.44. The van der Waals surface area contributed by atoms with Gasteiger partial charge >= 0.3 is 5.97 Å². The van der Waals surface area contributed by atoms with Gasteiger partial charge in [0, 0.05) is 11.3 Å². The van der Waals surface area contributed by atoms with E-state index in [0.717, 1.165) is 11.1 Å². The second kappa shape index (κ2) is 5.63. The zero-order chi connectivity index (χ0) is 17.6. The fraction of sp³-hybridized carbons (Fsp3) is 0.100. The highest BCUT2D eigenvalue weighted by Crippen LogP contribution is 2.34. The summed E-state index contributed by atoms with van der Waals surface area (Å²) in [7, 11) is 0. The lowest BCUT2D eigenvalue weighted by Crippen LogP contribution is -2.09. The maximum absolute atomic E-state index is 12.7. The number of carboxylic acid groups (broad SMARTS) is 1. The second-order valence-corrected chi connectivity index (χ2v) is 6.09. The average molecular weight is 333 g/mol. The van der Waals surface area contributed by atoms with Gasteiger partial charge in [0.1, 0.15) is 11.3 Å². The van der Waals surface area contributed by atoms with E-state index >= 15 is 0 Å². The minimum Gasteiger partial charge on any atom is -0.478 e. The quantitative estimate of drug-likeness (QED) is 0.699. The smallest absolute Gasteiger partial charge is 0.335 e. The number of carbonyl (C=O) groups is 1. The van der Waals surface area contributed by atoms with Crippen LogP contribution in [0.4, 0.5) is 5.69 Å². The summed E-state index contributed by atoms with van der Waals surface area (Å²) in [6.07, 6.45) is 3.29. The van der Waals surface area contributed by atoms with Crippen LogP contribution in [-0.2, 0) is 6.42 Å². The lowest BCUT2D eigenvalue weighted by Gasteiger charge is -2.05. The maximum Gasteiger partial charge on any atom is 0.335 e. The molecule has 0 unspecified atom stereocenters. The third kappa shape index (κ3) is 2.59. The fourth-order valence-corrected chi connectivity index (χ4v) is 3.16. The summed E-state index contributed by atoms with van der Waals surface area (Å²) in [5.74, 6) is -0.469. The Hall–Kier alpha value is -3.34. The minimum atomic E-state index is -1.06. The number of carboxylic acids is 1. The number of fused-ring (bicyclic) bond motifs is 2. The second-order valence-electron chi connectivity index (χ2n) is 6.09. The first-order valence-corrected chi connectivity index (χ1v) is 7.92. The van der Waals surface area contributed by atoms with Crippen LogP contribution >= 0.6 is 0 Å². The van der Waals surface area contributed by atoms with Gasteiger partial charge in [-0.25, -0.2) is 4.79 Å². The van der Waals surface area contributed by atoms with Crippen molar-refractivity contribution in [2.45, 2.75) is 12.8 Å².